The highest BCUT2D eigenvalue weighted by Gasteiger charge is 2.47. The summed E-state index contributed by atoms with van der Waals surface area (Å²) < 4.78 is 0. The maximum absolute atomic E-state index is 2.77. The molecule has 0 saturated carbocycles. The lowest BCUT2D eigenvalue weighted by atomic mass is 9.74. The first-order valence-electron chi connectivity index (χ1n) is 5.94. The molecule has 0 spiro atoms. The monoisotopic (exact) mass is 197 g/mol. The number of nitrogens with zero attached hydrogens (tertiary/aromatic N) is 2. The Labute approximate surface area is 89.9 Å². The maximum atomic E-state index is 2.77. The van der Waals surface area contributed by atoms with Gasteiger partial charge in [-0.15, -0.1) is 0 Å². The van der Waals surface area contributed by atoms with E-state index in [1.165, 1.54) is 19.3 Å². The molecule has 0 aromatic rings. The molecule has 1 heterocycles. The largest absolute Gasteiger partial charge is 0.467 e. The van der Waals surface area contributed by atoms with Crippen molar-refractivity contribution >= 4 is 7.55 Å². The van der Waals surface area contributed by atoms with Gasteiger partial charge in [0, 0.05) is 12.8 Å². The molecule has 1 rings (SSSR count). The molecule has 2 nitrogen and oxygen atoms in total. The molecule has 1 aliphatic rings. The fourth-order valence-electron chi connectivity index (χ4n) is 3.05. The quantitative estimate of drug-likeness (QED) is 0.591. The molecule has 1 saturated heterocycles. The Morgan fingerprint density at radius 1 is 1.00 bits per heavy atom. The number of rotatable bonds is 2. The summed E-state index contributed by atoms with van der Waals surface area (Å²) in [5.41, 5.74) is 0.818. The van der Waals surface area contributed by atoms with E-state index in [0.29, 0.717) is 11.1 Å². The third-order valence-corrected chi connectivity index (χ3v) is 3.99. The van der Waals surface area contributed by atoms with Gasteiger partial charge in [0.05, 0.1) is 25.2 Å². The molecular weight excluding hydrogens is 171 g/mol. The van der Waals surface area contributed by atoms with Crippen LogP contribution < -0.4 is 9.62 Å². The molecule has 2 radical (unpaired) electrons. The number of hydrogen-bond donors (Lipinski definition) is 0. The fourth-order valence-corrected chi connectivity index (χ4v) is 3.05. The molecule has 14 heavy (non-hydrogen) atoms. The Kier molecular flexibility index (Phi) is 3.32. The minimum atomic E-state index is -0.110. The van der Waals surface area contributed by atoms with Crippen molar-refractivity contribution in [1.29, 1.82) is 0 Å². The lowest BCUT2D eigenvalue weighted by Crippen LogP contribution is -2.67. The summed E-state index contributed by atoms with van der Waals surface area (Å²) in [7, 11) is 4.31. The summed E-state index contributed by atoms with van der Waals surface area (Å²) in [6, 6.07) is 0. The van der Waals surface area contributed by atoms with E-state index in [0.717, 1.165) is 0 Å². The molecular formula is C11H26BN2+. The highest BCUT2D eigenvalue weighted by Crippen LogP contribution is 2.34. The second kappa shape index (κ2) is 3.86. The van der Waals surface area contributed by atoms with Gasteiger partial charge in [-0.1, -0.05) is 0 Å². The molecule has 0 aromatic heterocycles. The lowest BCUT2D eigenvalue weighted by Gasteiger charge is -2.48. The topological polar surface area (TPSA) is 11.8 Å². The van der Waals surface area contributed by atoms with Gasteiger partial charge in [-0.2, -0.15) is 0 Å². The predicted octanol–water partition coefficient (Wildman–Crippen LogP) is 1.27. The van der Waals surface area contributed by atoms with Crippen LogP contribution in [0.4, 0.5) is 0 Å². The van der Waals surface area contributed by atoms with Crippen LogP contribution in [-0.2, 0) is 0 Å². The Morgan fingerprint density at radius 3 is 1.79 bits per heavy atom. The first-order chi connectivity index (χ1) is 6.26. The molecule has 82 valence electrons. The number of hydrogen-bond acceptors (Lipinski definition) is 2. The number of piperidine rings is 1. The van der Waals surface area contributed by atoms with E-state index in [4.69, 9.17) is 0 Å². The van der Waals surface area contributed by atoms with E-state index >= 15 is 0 Å². The van der Waals surface area contributed by atoms with Gasteiger partial charge < -0.3 is 9.62 Å². The average molecular weight is 197 g/mol. The summed E-state index contributed by atoms with van der Waals surface area (Å²) >= 11 is 0. The zero-order valence-electron chi connectivity index (χ0n) is 11.0. The van der Waals surface area contributed by atoms with Crippen LogP contribution in [0.2, 0.25) is 0 Å². The van der Waals surface area contributed by atoms with E-state index in [9.17, 15) is 0 Å². The van der Waals surface area contributed by atoms with E-state index in [2.05, 4.69) is 51.4 Å². The van der Waals surface area contributed by atoms with Crippen LogP contribution in [0.25, 0.3) is 0 Å². The van der Waals surface area contributed by atoms with E-state index < -0.39 is 0 Å². The van der Waals surface area contributed by atoms with Crippen molar-refractivity contribution in [1.82, 2.24) is 9.62 Å². The van der Waals surface area contributed by atoms with E-state index in [-0.39, 0.29) is 7.55 Å². The highest BCUT2D eigenvalue weighted by molar-refractivity contribution is 6.32. The van der Waals surface area contributed by atoms with Gasteiger partial charge in [-0.25, -0.2) is 0 Å². The van der Waals surface area contributed by atoms with Crippen molar-refractivity contribution in [2.75, 3.05) is 14.1 Å². The molecule has 0 amide bonds. The van der Waals surface area contributed by atoms with Gasteiger partial charge in [0.15, 0.2) is 0 Å². The Bertz CT molecular complexity index is 183. The highest BCUT2D eigenvalue weighted by atomic mass is 15.3. The minimum Gasteiger partial charge on any atom is -0.340 e. The molecule has 3 heteroatoms. The lowest BCUT2D eigenvalue weighted by molar-refractivity contribution is 0.128. The molecule has 1 aliphatic heterocycles. The van der Waals surface area contributed by atoms with Crippen LogP contribution in [-0.4, -0.2) is 32.7 Å². The second-order valence-electron chi connectivity index (χ2n) is 6.58. The first kappa shape index (κ1) is 12.1. The summed E-state index contributed by atoms with van der Waals surface area (Å²) in [5, 5.41) is 0. The van der Waals surface area contributed by atoms with Crippen LogP contribution in [0.3, 0.4) is 0 Å². The van der Waals surface area contributed by atoms with Crippen LogP contribution in [0.15, 0.2) is 0 Å². The summed E-state index contributed by atoms with van der Waals surface area (Å²) in [6.07, 6.45) is 4.09. The van der Waals surface area contributed by atoms with Crippen molar-refractivity contribution in [3.05, 3.63) is 0 Å². The SMILES string of the molecule is C[N+](C)[BH2-][N+]1C(C)(C)CCCC1(C)C. The predicted molar refractivity (Wildman–Crippen MR) is 66.7 cm³/mol. The summed E-state index contributed by atoms with van der Waals surface area (Å²) in [4.78, 5) is 5.16. The molecule has 0 aliphatic carbocycles. The molecule has 0 unspecified atom stereocenters. The van der Waals surface area contributed by atoms with Gasteiger partial charge >= 0.3 is 7.55 Å². The standard InChI is InChI=1S/C11H26BN2/c1-10(2)8-7-9-11(3,4)14(10)12-13(5)6/h7-9,12H2,1-6H3/q+1. The zero-order chi connectivity index (χ0) is 11.0. The molecule has 0 N–H and O–H groups in total. The van der Waals surface area contributed by atoms with E-state index in [1.807, 2.05) is 0 Å². The van der Waals surface area contributed by atoms with Crippen molar-refractivity contribution in [3.63, 3.8) is 0 Å². The maximum Gasteiger partial charge on any atom is 0.467 e. The van der Waals surface area contributed by atoms with Gasteiger partial charge in [0.2, 0.25) is 0 Å². The Hall–Kier alpha value is -0.0151. The molecule has 0 atom stereocenters. The third kappa shape index (κ3) is 2.51. The average Bonchev–Trinajstić information content (AvgIpc) is 1.96. The second-order valence-corrected chi connectivity index (χ2v) is 6.58. The van der Waals surface area contributed by atoms with Crippen molar-refractivity contribution in [2.24, 2.45) is 0 Å². The Morgan fingerprint density at radius 2 is 1.43 bits per heavy atom. The van der Waals surface area contributed by atoms with Crippen molar-refractivity contribution in [2.45, 2.75) is 58.0 Å². The van der Waals surface area contributed by atoms with Crippen molar-refractivity contribution < 1.29 is 0 Å². The first-order valence-corrected chi connectivity index (χ1v) is 5.94. The molecule has 1 fully saturated rings. The Balaban J connectivity index is 2.80. The fraction of sp³-hybridized carbons (Fsp3) is 1.00. The zero-order valence-corrected chi connectivity index (χ0v) is 11.0. The summed E-state index contributed by atoms with van der Waals surface area (Å²) in [6.45, 7) is 9.61. The van der Waals surface area contributed by atoms with Crippen LogP contribution in [0.5, 0.6) is 0 Å². The van der Waals surface area contributed by atoms with Crippen LogP contribution >= 0.6 is 0 Å². The van der Waals surface area contributed by atoms with Gasteiger partial charge in [-0.05, 0) is 34.1 Å². The normalized spacial score (nSPS) is 26.8. The van der Waals surface area contributed by atoms with Gasteiger partial charge in [0.25, 0.3) is 0 Å². The van der Waals surface area contributed by atoms with Crippen LogP contribution in [0, 0.1) is 0 Å². The van der Waals surface area contributed by atoms with Gasteiger partial charge in [-0.3, -0.25) is 0 Å². The van der Waals surface area contributed by atoms with E-state index in [1.54, 1.807) is 0 Å². The molecule has 0 aromatic carbocycles. The van der Waals surface area contributed by atoms with Crippen molar-refractivity contribution in [3.8, 4) is 0 Å². The minimum absolute atomic E-state index is 0.110. The third-order valence-electron chi connectivity index (χ3n) is 3.99. The molecule has 0 bridgehead atoms. The van der Waals surface area contributed by atoms with Gasteiger partial charge in [0.1, 0.15) is 0 Å². The van der Waals surface area contributed by atoms with Crippen LogP contribution in [0.1, 0.15) is 47.0 Å². The smallest absolute Gasteiger partial charge is 0.340 e. The summed E-state index contributed by atoms with van der Waals surface area (Å²) in [5.74, 6) is 0.